The highest BCUT2D eigenvalue weighted by atomic mass is 16.4. The van der Waals surface area contributed by atoms with Crippen molar-refractivity contribution in [1.82, 2.24) is 0 Å². The predicted molar refractivity (Wildman–Crippen MR) is 93.2 cm³/mol. The first-order valence-corrected chi connectivity index (χ1v) is 7.71. The first kappa shape index (κ1) is 20.3. The van der Waals surface area contributed by atoms with Gasteiger partial charge < -0.3 is 25.2 Å². The van der Waals surface area contributed by atoms with Crippen LogP contribution in [-0.4, -0.2) is 50.6 Å². The number of benzene rings is 2. The van der Waals surface area contributed by atoms with Crippen molar-refractivity contribution in [3.8, 4) is 0 Å². The lowest BCUT2D eigenvalue weighted by Gasteiger charge is -2.25. The molecule has 0 radical (unpaired) electrons. The molecule has 2 aromatic rings. The van der Waals surface area contributed by atoms with Crippen molar-refractivity contribution in [1.29, 1.82) is 0 Å². The van der Waals surface area contributed by atoms with E-state index in [1.54, 1.807) is 0 Å². The third-order valence-electron chi connectivity index (χ3n) is 4.40. The number of rotatable bonds is 7. The second-order valence-corrected chi connectivity index (χ2v) is 6.06. The molecule has 0 atom stereocenters. The van der Waals surface area contributed by atoms with Crippen LogP contribution in [0, 0.1) is 0 Å². The molecule has 0 spiro atoms. The molecule has 0 aliphatic heterocycles. The van der Waals surface area contributed by atoms with Crippen LogP contribution in [0.1, 0.15) is 59.5 Å². The molecule has 0 aliphatic rings. The highest BCUT2D eigenvalue weighted by molar-refractivity contribution is 6.03. The largest absolute Gasteiger partial charge is 0.478 e. The van der Waals surface area contributed by atoms with Gasteiger partial charge in [-0.1, -0.05) is 12.1 Å². The second kappa shape index (κ2) is 7.31. The lowest BCUT2D eigenvalue weighted by Crippen LogP contribution is -2.27. The lowest BCUT2D eigenvalue weighted by molar-refractivity contribution is -0.111. The van der Waals surface area contributed by atoms with E-state index in [2.05, 4.69) is 0 Å². The number of carboxylic acid groups (broad SMARTS) is 4. The van der Waals surface area contributed by atoms with Crippen LogP contribution in [0.25, 0.3) is 0 Å². The minimum Gasteiger partial charge on any atom is -0.478 e. The maximum atomic E-state index is 11.9. The highest BCUT2D eigenvalue weighted by Crippen LogP contribution is 2.33. The molecule has 0 amide bonds. The van der Waals surface area contributed by atoms with Gasteiger partial charge in [0.15, 0.2) is 0 Å². The summed E-state index contributed by atoms with van der Waals surface area (Å²) in [6.45, 7) is 1.38. The van der Waals surface area contributed by atoms with Gasteiger partial charge in [0, 0.05) is 0 Å². The summed E-state index contributed by atoms with van der Waals surface area (Å²) in [6.07, 6.45) is 0.440. The quantitative estimate of drug-likeness (QED) is 0.520. The van der Waals surface area contributed by atoms with E-state index < -0.39 is 51.5 Å². The number of carbonyl (C=O) groups excluding carboxylic acids is 1. The zero-order chi connectivity index (χ0) is 21.2. The highest BCUT2D eigenvalue weighted by Gasteiger charge is 2.32. The Morgan fingerprint density at radius 1 is 0.679 bits per heavy atom. The Morgan fingerprint density at radius 2 is 1.00 bits per heavy atom. The Kier molecular flexibility index (Phi) is 5.30. The van der Waals surface area contributed by atoms with Crippen LogP contribution in [-0.2, 0) is 10.2 Å². The van der Waals surface area contributed by atoms with E-state index in [0.29, 0.717) is 6.29 Å². The van der Waals surface area contributed by atoms with Crippen LogP contribution < -0.4 is 0 Å². The fourth-order valence-corrected chi connectivity index (χ4v) is 2.76. The lowest BCUT2D eigenvalue weighted by atomic mass is 9.76. The van der Waals surface area contributed by atoms with Gasteiger partial charge in [-0.25, -0.2) is 19.2 Å². The van der Waals surface area contributed by atoms with E-state index in [1.807, 2.05) is 0 Å². The molecule has 0 aromatic heterocycles. The monoisotopic (exact) mass is 386 g/mol. The third-order valence-corrected chi connectivity index (χ3v) is 4.40. The van der Waals surface area contributed by atoms with Crippen LogP contribution in [0.15, 0.2) is 36.4 Å². The number of aldehydes is 1. The summed E-state index contributed by atoms with van der Waals surface area (Å²) in [6, 6.07) is 6.60. The molecule has 144 valence electrons. The van der Waals surface area contributed by atoms with Gasteiger partial charge in [-0.15, -0.1) is 0 Å². The van der Waals surface area contributed by atoms with Crippen molar-refractivity contribution >= 4 is 30.2 Å². The fourth-order valence-electron chi connectivity index (χ4n) is 2.76. The van der Waals surface area contributed by atoms with Crippen LogP contribution in [0.3, 0.4) is 0 Å². The average Bonchev–Trinajstić information content (AvgIpc) is 2.65. The SMILES string of the molecule is CC(C=O)(c1ccc(C(=O)O)c(C(=O)O)c1)c1ccc(C(=O)O)c(C(=O)O)c1. The summed E-state index contributed by atoms with van der Waals surface area (Å²) in [4.78, 5) is 57.1. The number of carbonyl (C=O) groups is 5. The minimum atomic E-state index is -1.55. The third kappa shape index (κ3) is 3.45. The molecule has 0 fully saturated rings. The van der Waals surface area contributed by atoms with Gasteiger partial charge in [0.1, 0.15) is 6.29 Å². The molecule has 0 heterocycles. The molecule has 2 rings (SSSR count). The summed E-state index contributed by atoms with van der Waals surface area (Å²) < 4.78 is 0. The molecule has 9 heteroatoms. The maximum absolute atomic E-state index is 11.9. The fraction of sp³-hybridized carbons (Fsp3) is 0.105. The summed E-state index contributed by atoms with van der Waals surface area (Å²) in [5.74, 6) is -5.95. The number of aromatic carboxylic acids is 4. The molecular formula is C19H14O9. The molecule has 0 aliphatic carbocycles. The van der Waals surface area contributed by atoms with Crippen molar-refractivity contribution in [2.45, 2.75) is 12.3 Å². The minimum absolute atomic E-state index is 0.101. The molecular weight excluding hydrogens is 372 g/mol. The molecule has 4 N–H and O–H groups in total. The van der Waals surface area contributed by atoms with Gasteiger partial charge >= 0.3 is 23.9 Å². The van der Waals surface area contributed by atoms with E-state index >= 15 is 0 Å². The Morgan fingerprint density at radius 3 is 1.25 bits per heavy atom. The standard InChI is InChI=1S/C19H14O9/c1-19(8-20,9-2-4-11(15(21)22)13(6-9)17(25)26)10-3-5-12(16(23)24)14(7-10)18(27)28/h2-8H,1H3,(H,21,22)(H,23,24)(H,25,26)(H,27,28). The Balaban J connectivity index is 2.74. The zero-order valence-electron chi connectivity index (χ0n) is 14.4. The normalized spacial score (nSPS) is 10.9. The van der Waals surface area contributed by atoms with Gasteiger partial charge in [-0.05, 0) is 42.3 Å². The Hall–Kier alpha value is -4.01. The van der Waals surface area contributed by atoms with E-state index in [9.17, 15) is 34.2 Å². The van der Waals surface area contributed by atoms with Crippen molar-refractivity contribution in [3.63, 3.8) is 0 Å². The molecule has 0 saturated heterocycles. The van der Waals surface area contributed by atoms with Gasteiger partial charge in [0.2, 0.25) is 0 Å². The number of hydrogen-bond donors (Lipinski definition) is 4. The predicted octanol–water partition coefficient (Wildman–Crippen LogP) is 1.98. The van der Waals surface area contributed by atoms with Crippen molar-refractivity contribution < 1.29 is 44.4 Å². The van der Waals surface area contributed by atoms with Gasteiger partial charge in [-0.3, -0.25) is 0 Å². The van der Waals surface area contributed by atoms with Gasteiger partial charge in [0.05, 0.1) is 27.7 Å². The van der Waals surface area contributed by atoms with Crippen LogP contribution in [0.4, 0.5) is 0 Å². The van der Waals surface area contributed by atoms with Crippen LogP contribution in [0.2, 0.25) is 0 Å². The number of carboxylic acids is 4. The van der Waals surface area contributed by atoms with E-state index in [-0.39, 0.29) is 11.1 Å². The topological polar surface area (TPSA) is 166 Å². The summed E-state index contributed by atoms with van der Waals surface area (Å²) in [5, 5.41) is 36.8. The van der Waals surface area contributed by atoms with E-state index in [0.717, 1.165) is 24.3 Å². The van der Waals surface area contributed by atoms with Crippen LogP contribution in [0.5, 0.6) is 0 Å². The molecule has 28 heavy (non-hydrogen) atoms. The van der Waals surface area contributed by atoms with Gasteiger partial charge in [-0.2, -0.15) is 0 Å². The molecule has 9 nitrogen and oxygen atoms in total. The molecule has 0 bridgehead atoms. The molecule has 0 saturated carbocycles. The molecule has 2 aromatic carbocycles. The Bertz CT molecular complexity index is 945. The van der Waals surface area contributed by atoms with Crippen molar-refractivity contribution in [3.05, 3.63) is 69.8 Å². The van der Waals surface area contributed by atoms with E-state index in [1.165, 1.54) is 19.1 Å². The maximum Gasteiger partial charge on any atom is 0.336 e. The first-order valence-electron chi connectivity index (χ1n) is 7.71. The average molecular weight is 386 g/mol. The number of hydrogen-bond acceptors (Lipinski definition) is 5. The van der Waals surface area contributed by atoms with Crippen LogP contribution >= 0.6 is 0 Å². The van der Waals surface area contributed by atoms with Crippen molar-refractivity contribution in [2.24, 2.45) is 0 Å². The van der Waals surface area contributed by atoms with Gasteiger partial charge in [0.25, 0.3) is 0 Å². The zero-order valence-corrected chi connectivity index (χ0v) is 14.4. The van der Waals surface area contributed by atoms with E-state index in [4.69, 9.17) is 10.2 Å². The molecule has 0 unspecified atom stereocenters. The second-order valence-electron chi connectivity index (χ2n) is 6.06. The summed E-state index contributed by atoms with van der Waals surface area (Å²) >= 11 is 0. The first-order chi connectivity index (χ1) is 13.0. The summed E-state index contributed by atoms with van der Waals surface area (Å²) in [5.41, 5.74) is -3.39. The Labute approximate surface area is 157 Å². The smallest absolute Gasteiger partial charge is 0.336 e. The summed E-state index contributed by atoms with van der Waals surface area (Å²) in [7, 11) is 0. The van der Waals surface area contributed by atoms with Crippen molar-refractivity contribution in [2.75, 3.05) is 0 Å².